The van der Waals surface area contributed by atoms with Crippen molar-refractivity contribution >= 4 is 12.0 Å². The monoisotopic (exact) mass is 282 g/mol. The molecule has 0 radical (unpaired) electrons. The molecule has 0 aromatic rings. The highest BCUT2D eigenvalue weighted by molar-refractivity contribution is 5.80. The highest BCUT2D eigenvalue weighted by atomic mass is 16.5. The molecule has 112 valence electrons. The van der Waals surface area contributed by atoms with E-state index < -0.39 is 11.4 Å². The predicted molar refractivity (Wildman–Crippen MR) is 71.3 cm³/mol. The summed E-state index contributed by atoms with van der Waals surface area (Å²) in [5.74, 6) is -0.213. The number of ether oxygens (including phenoxy) is 1. The molecule has 20 heavy (non-hydrogen) atoms. The van der Waals surface area contributed by atoms with E-state index in [-0.39, 0.29) is 11.9 Å². The summed E-state index contributed by atoms with van der Waals surface area (Å²) in [5.41, 5.74) is -0.687. The van der Waals surface area contributed by atoms with E-state index in [1.165, 1.54) is 0 Å². The Morgan fingerprint density at radius 1 is 1.40 bits per heavy atom. The number of aliphatic carboxylic acids is 1. The molecule has 3 aliphatic rings. The molecule has 1 aliphatic carbocycles. The summed E-state index contributed by atoms with van der Waals surface area (Å²) in [6, 6.07) is -0.119. The van der Waals surface area contributed by atoms with E-state index in [2.05, 4.69) is 5.32 Å². The largest absolute Gasteiger partial charge is 0.481 e. The summed E-state index contributed by atoms with van der Waals surface area (Å²) in [7, 11) is 0. The van der Waals surface area contributed by atoms with Crippen molar-refractivity contribution in [1.82, 2.24) is 10.2 Å². The minimum absolute atomic E-state index is 0.119. The molecule has 0 aromatic carbocycles. The van der Waals surface area contributed by atoms with E-state index in [0.29, 0.717) is 38.6 Å². The molecule has 1 saturated carbocycles. The zero-order valence-electron chi connectivity index (χ0n) is 11.6. The van der Waals surface area contributed by atoms with Crippen molar-refractivity contribution < 1.29 is 19.4 Å². The molecule has 3 atom stereocenters. The molecule has 6 heteroatoms. The topological polar surface area (TPSA) is 78.9 Å². The number of likely N-dealkylation sites (tertiary alicyclic amines) is 1. The van der Waals surface area contributed by atoms with E-state index in [9.17, 15) is 14.7 Å². The zero-order chi connectivity index (χ0) is 14.2. The van der Waals surface area contributed by atoms with Crippen molar-refractivity contribution in [2.24, 2.45) is 17.3 Å². The fourth-order valence-electron chi connectivity index (χ4n) is 3.88. The average molecular weight is 282 g/mol. The number of carboxylic acids is 1. The molecule has 2 aliphatic heterocycles. The van der Waals surface area contributed by atoms with E-state index in [1.54, 1.807) is 4.90 Å². The second kappa shape index (κ2) is 5.24. The van der Waals surface area contributed by atoms with Crippen molar-refractivity contribution in [1.29, 1.82) is 0 Å². The number of fused-ring (bicyclic) bond motifs is 1. The molecule has 1 unspecified atom stereocenters. The van der Waals surface area contributed by atoms with Gasteiger partial charge in [-0.2, -0.15) is 0 Å². The molecule has 2 heterocycles. The van der Waals surface area contributed by atoms with Crippen LogP contribution in [0.5, 0.6) is 0 Å². The molecule has 2 saturated heterocycles. The van der Waals surface area contributed by atoms with Crippen LogP contribution in [0.1, 0.15) is 25.7 Å². The van der Waals surface area contributed by atoms with E-state index in [1.807, 2.05) is 0 Å². The van der Waals surface area contributed by atoms with E-state index in [0.717, 1.165) is 25.9 Å². The van der Waals surface area contributed by atoms with Crippen LogP contribution in [0.4, 0.5) is 4.79 Å². The first-order chi connectivity index (χ1) is 9.62. The average Bonchev–Trinajstić information content (AvgIpc) is 3.10. The van der Waals surface area contributed by atoms with Gasteiger partial charge < -0.3 is 20.1 Å². The summed E-state index contributed by atoms with van der Waals surface area (Å²) < 4.78 is 5.28. The molecule has 0 aromatic heterocycles. The lowest BCUT2D eigenvalue weighted by Gasteiger charge is -2.23. The Bertz CT molecular complexity index is 408. The summed E-state index contributed by atoms with van der Waals surface area (Å²) in [4.78, 5) is 25.4. The number of nitrogens with one attached hydrogen (secondary N) is 1. The van der Waals surface area contributed by atoms with Crippen LogP contribution in [0.2, 0.25) is 0 Å². The predicted octanol–water partition coefficient (Wildman–Crippen LogP) is 0.919. The maximum Gasteiger partial charge on any atom is 0.317 e. The van der Waals surface area contributed by atoms with Gasteiger partial charge in [0.05, 0.1) is 12.0 Å². The third kappa shape index (κ3) is 2.26. The van der Waals surface area contributed by atoms with Gasteiger partial charge in [0.2, 0.25) is 0 Å². The molecular formula is C14H22N2O4. The van der Waals surface area contributed by atoms with Crippen LogP contribution in [0.3, 0.4) is 0 Å². The Kier molecular flexibility index (Phi) is 3.58. The lowest BCUT2D eigenvalue weighted by Crippen LogP contribution is -2.43. The van der Waals surface area contributed by atoms with Crippen molar-refractivity contribution in [2.75, 3.05) is 32.8 Å². The molecule has 3 fully saturated rings. The Morgan fingerprint density at radius 3 is 2.90 bits per heavy atom. The summed E-state index contributed by atoms with van der Waals surface area (Å²) in [5, 5.41) is 12.4. The number of hydrogen-bond donors (Lipinski definition) is 2. The normalized spacial score (nSPS) is 36.1. The maximum absolute atomic E-state index is 12.2. The first kappa shape index (κ1) is 13.7. The molecular weight excluding hydrogens is 260 g/mol. The van der Waals surface area contributed by atoms with Crippen LogP contribution in [0, 0.1) is 17.3 Å². The minimum Gasteiger partial charge on any atom is -0.481 e. The first-order valence-corrected chi connectivity index (χ1v) is 7.46. The van der Waals surface area contributed by atoms with Gasteiger partial charge in [-0.3, -0.25) is 4.79 Å². The third-order valence-electron chi connectivity index (χ3n) is 5.15. The standard InChI is InChI=1S/C14H22N2O4/c17-12(18)14-4-1-2-11(14)7-16(9-14)13(19)15-6-10-3-5-20-8-10/h10-11H,1-9H2,(H,15,19)(H,17,18)/t10?,11-,14+/m0/s1. The number of carbonyl (C=O) groups is 2. The Morgan fingerprint density at radius 2 is 2.25 bits per heavy atom. The van der Waals surface area contributed by atoms with Gasteiger partial charge in [0.1, 0.15) is 0 Å². The number of carboxylic acid groups (broad SMARTS) is 1. The van der Waals surface area contributed by atoms with Gasteiger partial charge in [-0.1, -0.05) is 6.42 Å². The minimum atomic E-state index is -0.737. The number of carbonyl (C=O) groups excluding carboxylic acids is 1. The Labute approximate surface area is 118 Å². The molecule has 2 amide bonds. The van der Waals surface area contributed by atoms with Crippen molar-refractivity contribution in [2.45, 2.75) is 25.7 Å². The molecule has 0 bridgehead atoms. The van der Waals surface area contributed by atoms with Gasteiger partial charge in [-0.05, 0) is 25.2 Å². The van der Waals surface area contributed by atoms with Gasteiger partial charge in [0.25, 0.3) is 0 Å². The molecule has 3 rings (SSSR count). The fraction of sp³-hybridized carbons (Fsp3) is 0.857. The molecule has 0 spiro atoms. The van der Waals surface area contributed by atoms with Gasteiger partial charge in [0, 0.05) is 32.2 Å². The van der Waals surface area contributed by atoms with E-state index >= 15 is 0 Å². The zero-order valence-corrected chi connectivity index (χ0v) is 11.6. The van der Waals surface area contributed by atoms with Gasteiger partial charge >= 0.3 is 12.0 Å². The third-order valence-corrected chi connectivity index (χ3v) is 5.15. The van der Waals surface area contributed by atoms with Crippen LogP contribution in [0.15, 0.2) is 0 Å². The number of hydrogen-bond acceptors (Lipinski definition) is 3. The fourth-order valence-corrected chi connectivity index (χ4v) is 3.88. The molecule has 2 N–H and O–H groups in total. The van der Waals surface area contributed by atoms with Crippen molar-refractivity contribution in [3.8, 4) is 0 Å². The summed E-state index contributed by atoms with van der Waals surface area (Å²) >= 11 is 0. The number of urea groups is 1. The summed E-state index contributed by atoms with van der Waals surface area (Å²) in [6.45, 7) is 3.05. The first-order valence-electron chi connectivity index (χ1n) is 7.46. The molecule has 6 nitrogen and oxygen atoms in total. The van der Waals surface area contributed by atoms with Gasteiger partial charge in [-0.15, -0.1) is 0 Å². The van der Waals surface area contributed by atoms with Crippen LogP contribution < -0.4 is 5.32 Å². The number of nitrogens with zero attached hydrogens (tertiary/aromatic N) is 1. The number of amides is 2. The lowest BCUT2D eigenvalue weighted by molar-refractivity contribution is -0.149. The van der Waals surface area contributed by atoms with Crippen LogP contribution >= 0.6 is 0 Å². The Hall–Kier alpha value is -1.30. The second-order valence-corrected chi connectivity index (χ2v) is 6.35. The lowest BCUT2D eigenvalue weighted by atomic mass is 9.81. The second-order valence-electron chi connectivity index (χ2n) is 6.35. The van der Waals surface area contributed by atoms with E-state index in [4.69, 9.17) is 4.74 Å². The van der Waals surface area contributed by atoms with Gasteiger partial charge in [-0.25, -0.2) is 4.79 Å². The highest BCUT2D eigenvalue weighted by Gasteiger charge is 2.55. The van der Waals surface area contributed by atoms with Crippen molar-refractivity contribution in [3.05, 3.63) is 0 Å². The van der Waals surface area contributed by atoms with Crippen LogP contribution in [-0.2, 0) is 9.53 Å². The number of rotatable bonds is 3. The summed E-state index contributed by atoms with van der Waals surface area (Å²) in [6.07, 6.45) is 3.58. The smallest absolute Gasteiger partial charge is 0.317 e. The van der Waals surface area contributed by atoms with Gasteiger partial charge in [0.15, 0.2) is 0 Å². The Balaban J connectivity index is 1.56. The van der Waals surface area contributed by atoms with Crippen LogP contribution in [-0.4, -0.2) is 54.9 Å². The highest BCUT2D eigenvalue weighted by Crippen LogP contribution is 2.48. The maximum atomic E-state index is 12.2. The SMILES string of the molecule is O=C(NCC1CCOC1)N1C[C@@H]2CCC[C@@]2(C(=O)O)C1. The van der Waals surface area contributed by atoms with Crippen LogP contribution in [0.25, 0.3) is 0 Å². The quantitative estimate of drug-likeness (QED) is 0.807. The van der Waals surface area contributed by atoms with Crippen molar-refractivity contribution in [3.63, 3.8) is 0 Å².